The lowest BCUT2D eigenvalue weighted by molar-refractivity contribution is 0.746. The summed E-state index contributed by atoms with van der Waals surface area (Å²) >= 11 is 0. The van der Waals surface area contributed by atoms with Gasteiger partial charge in [0.1, 0.15) is 0 Å². The fraction of sp³-hybridized carbons (Fsp3) is 0.500. The lowest BCUT2D eigenvalue weighted by Crippen LogP contribution is -2.22. The molecule has 3 rings (SSSR count). The van der Waals surface area contributed by atoms with Crippen molar-refractivity contribution in [1.29, 1.82) is 0 Å². The van der Waals surface area contributed by atoms with Gasteiger partial charge in [-0.15, -0.1) is 0 Å². The summed E-state index contributed by atoms with van der Waals surface area (Å²) < 4.78 is 1.76. The second-order valence-corrected chi connectivity index (χ2v) is 4.85. The van der Waals surface area contributed by atoms with E-state index in [9.17, 15) is 0 Å². The van der Waals surface area contributed by atoms with E-state index < -0.39 is 0 Å². The third-order valence-corrected chi connectivity index (χ3v) is 3.23. The van der Waals surface area contributed by atoms with Crippen molar-refractivity contribution in [3.8, 4) is 0 Å². The lowest BCUT2D eigenvalue weighted by Gasteiger charge is -2.15. The lowest BCUT2D eigenvalue weighted by atomic mass is 10.4. The zero-order valence-electron chi connectivity index (χ0n) is 11.5. The van der Waals surface area contributed by atoms with Gasteiger partial charge in [0.15, 0.2) is 0 Å². The molecule has 1 saturated heterocycles. The Morgan fingerprint density at radius 1 is 1.25 bits per heavy atom. The Hall–Kier alpha value is -2.38. The molecule has 106 valence electrons. The largest absolute Gasteiger partial charge is 0.368 e. The van der Waals surface area contributed by atoms with E-state index in [1.54, 1.807) is 4.68 Å². The molecule has 1 aliphatic heterocycles. The molecular formula is C12H18N8. The molecule has 1 aliphatic rings. The van der Waals surface area contributed by atoms with Gasteiger partial charge in [-0.2, -0.15) is 20.1 Å². The van der Waals surface area contributed by atoms with Crippen molar-refractivity contribution in [2.45, 2.75) is 19.4 Å². The molecule has 0 saturated carbocycles. The van der Waals surface area contributed by atoms with Crippen LogP contribution in [0.4, 0.5) is 17.8 Å². The summed E-state index contributed by atoms with van der Waals surface area (Å²) in [6.45, 7) is 2.51. The molecule has 20 heavy (non-hydrogen) atoms. The molecule has 0 aliphatic carbocycles. The van der Waals surface area contributed by atoms with Crippen molar-refractivity contribution in [2.24, 2.45) is 7.05 Å². The third-order valence-electron chi connectivity index (χ3n) is 3.23. The Labute approximate surface area is 117 Å². The minimum atomic E-state index is 0.241. The molecule has 2 aromatic heterocycles. The van der Waals surface area contributed by atoms with Gasteiger partial charge in [0.2, 0.25) is 17.8 Å². The summed E-state index contributed by atoms with van der Waals surface area (Å²) in [5.41, 5.74) is 6.68. The summed E-state index contributed by atoms with van der Waals surface area (Å²) in [7, 11) is 1.88. The van der Waals surface area contributed by atoms with Crippen LogP contribution in [-0.2, 0) is 13.6 Å². The van der Waals surface area contributed by atoms with Crippen molar-refractivity contribution in [3.63, 3.8) is 0 Å². The van der Waals surface area contributed by atoms with Crippen LogP contribution in [0.3, 0.4) is 0 Å². The van der Waals surface area contributed by atoms with Crippen molar-refractivity contribution >= 4 is 17.8 Å². The Bertz CT molecular complexity index is 587. The standard InChI is InChI=1S/C12H18N8/c1-19-7-4-9(18-19)8-14-11-15-10(13)16-12(17-11)20-5-2-3-6-20/h4,7H,2-3,5-6,8H2,1H3,(H3,13,14,15,16,17). The van der Waals surface area contributed by atoms with E-state index in [0.717, 1.165) is 18.8 Å². The number of nitrogen functional groups attached to an aromatic ring is 1. The number of nitrogens with zero attached hydrogens (tertiary/aromatic N) is 6. The third kappa shape index (κ3) is 2.79. The van der Waals surface area contributed by atoms with E-state index in [4.69, 9.17) is 5.73 Å². The molecule has 0 aromatic carbocycles. The predicted molar refractivity (Wildman–Crippen MR) is 76.2 cm³/mol. The minimum Gasteiger partial charge on any atom is -0.368 e. The summed E-state index contributed by atoms with van der Waals surface area (Å²) in [5, 5.41) is 7.42. The van der Waals surface area contributed by atoms with E-state index in [0.29, 0.717) is 18.4 Å². The number of anilines is 3. The van der Waals surface area contributed by atoms with Gasteiger partial charge < -0.3 is 16.0 Å². The van der Waals surface area contributed by atoms with Crippen molar-refractivity contribution in [3.05, 3.63) is 18.0 Å². The SMILES string of the molecule is Cn1ccc(CNc2nc(N)nc(N3CCCC3)n2)n1. The molecule has 8 heteroatoms. The Kier molecular flexibility index (Phi) is 3.36. The van der Waals surface area contributed by atoms with E-state index in [1.807, 2.05) is 19.3 Å². The van der Waals surface area contributed by atoms with Gasteiger partial charge in [0.25, 0.3) is 0 Å². The smallest absolute Gasteiger partial charge is 0.231 e. The van der Waals surface area contributed by atoms with Crippen LogP contribution in [0.25, 0.3) is 0 Å². The Balaban J connectivity index is 1.72. The average molecular weight is 274 g/mol. The summed E-state index contributed by atoms with van der Waals surface area (Å²) in [6, 6.07) is 1.94. The summed E-state index contributed by atoms with van der Waals surface area (Å²) in [4.78, 5) is 14.9. The zero-order valence-corrected chi connectivity index (χ0v) is 11.5. The maximum Gasteiger partial charge on any atom is 0.231 e. The van der Waals surface area contributed by atoms with E-state index in [2.05, 4.69) is 30.3 Å². The second kappa shape index (κ2) is 5.32. The van der Waals surface area contributed by atoms with Crippen LogP contribution in [0.1, 0.15) is 18.5 Å². The second-order valence-electron chi connectivity index (χ2n) is 4.85. The van der Waals surface area contributed by atoms with Crippen LogP contribution in [0.5, 0.6) is 0 Å². The summed E-state index contributed by atoms with van der Waals surface area (Å²) in [6.07, 6.45) is 4.24. The number of hydrogen-bond acceptors (Lipinski definition) is 7. The first-order chi connectivity index (χ1) is 9.70. The van der Waals surface area contributed by atoms with Crippen molar-refractivity contribution < 1.29 is 0 Å². The maximum absolute atomic E-state index is 5.75. The predicted octanol–water partition coefficient (Wildman–Crippen LogP) is 0.400. The van der Waals surface area contributed by atoms with E-state index in [-0.39, 0.29) is 5.95 Å². The molecule has 0 radical (unpaired) electrons. The van der Waals surface area contributed by atoms with Crippen LogP contribution in [0.15, 0.2) is 12.3 Å². The highest BCUT2D eigenvalue weighted by Crippen LogP contribution is 2.17. The van der Waals surface area contributed by atoms with Gasteiger partial charge in [-0.05, 0) is 18.9 Å². The van der Waals surface area contributed by atoms with Crippen molar-refractivity contribution in [1.82, 2.24) is 24.7 Å². The summed E-state index contributed by atoms with van der Waals surface area (Å²) in [5.74, 6) is 1.38. The molecule has 0 bridgehead atoms. The molecular weight excluding hydrogens is 256 g/mol. The van der Waals surface area contributed by atoms with Crippen molar-refractivity contribution in [2.75, 3.05) is 29.0 Å². The van der Waals surface area contributed by atoms with Crippen LogP contribution in [0.2, 0.25) is 0 Å². The molecule has 0 unspecified atom stereocenters. The van der Waals surface area contributed by atoms with Gasteiger partial charge in [-0.25, -0.2) is 0 Å². The molecule has 0 atom stereocenters. The van der Waals surface area contributed by atoms with Gasteiger partial charge in [-0.3, -0.25) is 4.68 Å². The molecule has 3 heterocycles. The molecule has 0 spiro atoms. The average Bonchev–Trinajstić information content (AvgIpc) is 3.07. The minimum absolute atomic E-state index is 0.241. The normalized spacial score (nSPS) is 14.8. The molecule has 1 fully saturated rings. The van der Waals surface area contributed by atoms with Gasteiger partial charge in [0, 0.05) is 26.3 Å². The molecule has 3 N–H and O–H groups in total. The first-order valence-corrected chi connectivity index (χ1v) is 6.69. The highest BCUT2D eigenvalue weighted by atomic mass is 15.3. The fourth-order valence-corrected chi connectivity index (χ4v) is 2.25. The Morgan fingerprint density at radius 2 is 2.05 bits per heavy atom. The first kappa shape index (κ1) is 12.6. The quantitative estimate of drug-likeness (QED) is 0.832. The van der Waals surface area contributed by atoms with Gasteiger partial charge in [0.05, 0.1) is 12.2 Å². The van der Waals surface area contributed by atoms with Crippen LogP contribution >= 0.6 is 0 Å². The van der Waals surface area contributed by atoms with Crippen LogP contribution in [0, 0.1) is 0 Å². The number of aryl methyl sites for hydroxylation is 1. The number of rotatable bonds is 4. The van der Waals surface area contributed by atoms with Gasteiger partial charge in [-0.1, -0.05) is 0 Å². The van der Waals surface area contributed by atoms with E-state index >= 15 is 0 Å². The maximum atomic E-state index is 5.75. The molecule has 0 amide bonds. The fourth-order valence-electron chi connectivity index (χ4n) is 2.25. The first-order valence-electron chi connectivity index (χ1n) is 6.69. The zero-order chi connectivity index (χ0) is 13.9. The number of hydrogen-bond donors (Lipinski definition) is 2. The Morgan fingerprint density at radius 3 is 2.75 bits per heavy atom. The highest BCUT2D eigenvalue weighted by molar-refractivity contribution is 5.42. The number of aromatic nitrogens is 5. The van der Waals surface area contributed by atoms with Crippen LogP contribution in [-0.4, -0.2) is 37.8 Å². The molecule has 8 nitrogen and oxygen atoms in total. The number of nitrogens with one attached hydrogen (secondary N) is 1. The highest BCUT2D eigenvalue weighted by Gasteiger charge is 2.16. The molecule has 2 aromatic rings. The van der Waals surface area contributed by atoms with E-state index in [1.165, 1.54) is 12.8 Å². The van der Waals surface area contributed by atoms with Crippen LogP contribution < -0.4 is 16.0 Å². The monoisotopic (exact) mass is 274 g/mol. The topological polar surface area (TPSA) is 97.8 Å². The number of nitrogens with two attached hydrogens (primary N) is 1. The van der Waals surface area contributed by atoms with Gasteiger partial charge >= 0.3 is 0 Å².